The van der Waals surface area contributed by atoms with Crippen molar-refractivity contribution < 1.29 is 13.2 Å². The molecule has 0 aliphatic heterocycles. The second kappa shape index (κ2) is 4.94. The van der Waals surface area contributed by atoms with Gasteiger partial charge in [-0.15, -0.1) is 11.3 Å². The average molecular weight is 238 g/mol. The molecule has 1 heterocycles. The van der Waals surface area contributed by atoms with Crippen LogP contribution in [-0.2, 0) is 12.7 Å². The molecule has 1 rings (SSSR count). The fourth-order valence-electron chi connectivity index (χ4n) is 0.990. The molecule has 0 bridgehead atoms. The summed E-state index contributed by atoms with van der Waals surface area (Å²) < 4.78 is 36.5. The Kier molecular flexibility index (Phi) is 4.10. The lowest BCUT2D eigenvalue weighted by Gasteiger charge is -2.04. The molecule has 0 saturated carbocycles. The number of thiazole rings is 1. The van der Waals surface area contributed by atoms with Crippen LogP contribution in [0.15, 0.2) is 5.38 Å². The van der Waals surface area contributed by atoms with Gasteiger partial charge in [-0.3, -0.25) is 0 Å². The van der Waals surface area contributed by atoms with E-state index in [1.165, 1.54) is 0 Å². The Morgan fingerprint density at radius 3 is 2.60 bits per heavy atom. The predicted octanol–water partition coefficient (Wildman–Crippen LogP) is 2.91. The van der Waals surface area contributed by atoms with Gasteiger partial charge in [-0.05, 0) is 12.5 Å². The second-order valence-corrected chi connectivity index (χ2v) is 4.59. The van der Waals surface area contributed by atoms with Crippen LogP contribution in [-0.4, -0.2) is 11.5 Å². The molecule has 0 atom stereocenters. The van der Waals surface area contributed by atoms with Crippen LogP contribution in [0.3, 0.4) is 0 Å². The zero-order valence-electron chi connectivity index (χ0n) is 8.56. The molecule has 0 aromatic carbocycles. The van der Waals surface area contributed by atoms with E-state index < -0.39 is 11.9 Å². The lowest BCUT2D eigenvalue weighted by Crippen LogP contribution is -2.19. The molecular weight excluding hydrogens is 225 g/mol. The maximum absolute atomic E-state index is 12.2. The van der Waals surface area contributed by atoms with Gasteiger partial charge >= 0.3 is 6.18 Å². The zero-order valence-corrected chi connectivity index (χ0v) is 9.37. The number of rotatable bonds is 4. The molecule has 0 amide bonds. The van der Waals surface area contributed by atoms with Crippen molar-refractivity contribution in [3.8, 4) is 0 Å². The van der Waals surface area contributed by atoms with Crippen LogP contribution in [0.5, 0.6) is 0 Å². The summed E-state index contributed by atoms with van der Waals surface area (Å²) in [6.45, 7) is 5.26. The third kappa shape index (κ3) is 4.17. The van der Waals surface area contributed by atoms with Crippen molar-refractivity contribution in [2.75, 3.05) is 6.54 Å². The lowest BCUT2D eigenvalue weighted by atomic mass is 10.2. The highest BCUT2D eigenvalue weighted by Crippen LogP contribution is 2.29. The van der Waals surface area contributed by atoms with Crippen LogP contribution in [0.25, 0.3) is 0 Å². The predicted molar refractivity (Wildman–Crippen MR) is 53.7 cm³/mol. The van der Waals surface area contributed by atoms with Gasteiger partial charge in [0.2, 0.25) is 0 Å². The minimum atomic E-state index is -4.33. The molecule has 0 saturated heterocycles. The number of alkyl halides is 3. The van der Waals surface area contributed by atoms with Crippen molar-refractivity contribution in [2.24, 2.45) is 5.92 Å². The highest BCUT2D eigenvalue weighted by molar-refractivity contribution is 7.09. The topological polar surface area (TPSA) is 24.9 Å². The second-order valence-electron chi connectivity index (χ2n) is 3.65. The summed E-state index contributed by atoms with van der Waals surface area (Å²) in [5, 5.41) is 4.57. The molecule has 1 aromatic heterocycles. The first kappa shape index (κ1) is 12.4. The van der Waals surface area contributed by atoms with Gasteiger partial charge in [0, 0.05) is 11.9 Å². The van der Waals surface area contributed by atoms with Gasteiger partial charge < -0.3 is 5.32 Å². The van der Waals surface area contributed by atoms with E-state index in [1.807, 2.05) is 13.8 Å². The first-order valence-electron chi connectivity index (χ1n) is 4.62. The van der Waals surface area contributed by atoms with Gasteiger partial charge in [0.15, 0.2) is 5.69 Å². The molecule has 1 aromatic rings. The Hall–Kier alpha value is -0.620. The van der Waals surface area contributed by atoms with Crippen molar-refractivity contribution in [2.45, 2.75) is 26.6 Å². The van der Waals surface area contributed by atoms with Crippen LogP contribution in [0.4, 0.5) is 13.2 Å². The zero-order chi connectivity index (χ0) is 11.5. The summed E-state index contributed by atoms with van der Waals surface area (Å²) in [6.07, 6.45) is -4.33. The third-order valence-corrected chi connectivity index (χ3v) is 2.52. The molecule has 1 N–H and O–H groups in total. The van der Waals surface area contributed by atoms with Crippen molar-refractivity contribution in [3.05, 3.63) is 16.1 Å². The summed E-state index contributed by atoms with van der Waals surface area (Å²) >= 11 is 1.03. The molecule has 0 aliphatic carbocycles. The number of hydrogen-bond donors (Lipinski definition) is 1. The number of nitrogens with one attached hydrogen (secondary N) is 1. The maximum Gasteiger partial charge on any atom is 0.434 e. The molecular formula is C9H13F3N2S. The largest absolute Gasteiger partial charge is 0.434 e. The fraction of sp³-hybridized carbons (Fsp3) is 0.667. The SMILES string of the molecule is CC(C)CNCc1nc(C(F)(F)F)cs1. The number of aromatic nitrogens is 1. The highest BCUT2D eigenvalue weighted by atomic mass is 32.1. The van der Waals surface area contributed by atoms with Crippen molar-refractivity contribution in [1.82, 2.24) is 10.3 Å². The van der Waals surface area contributed by atoms with Crippen molar-refractivity contribution >= 4 is 11.3 Å². The van der Waals surface area contributed by atoms with E-state index in [-0.39, 0.29) is 0 Å². The van der Waals surface area contributed by atoms with Gasteiger partial charge in [-0.2, -0.15) is 13.2 Å². The monoisotopic (exact) mass is 238 g/mol. The van der Waals surface area contributed by atoms with Gasteiger partial charge in [-0.25, -0.2) is 4.98 Å². The molecule has 0 fully saturated rings. The van der Waals surface area contributed by atoms with Crippen molar-refractivity contribution in [3.63, 3.8) is 0 Å². The van der Waals surface area contributed by atoms with Crippen LogP contribution in [0.1, 0.15) is 24.5 Å². The highest BCUT2D eigenvalue weighted by Gasteiger charge is 2.33. The Bertz CT molecular complexity index is 307. The Morgan fingerprint density at radius 2 is 2.13 bits per heavy atom. The van der Waals surface area contributed by atoms with Crippen LogP contribution >= 0.6 is 11.3 Å². The molecule has 86 valence electrons. The molecule has 0 spiro atoms. The van der Waals surface area contributed by atoms with Crippen LogP contribution in [0, 0.1) is 5.92 Å². The molecule has 6 heteroatoms. The summed E-state index contributed by atoms with van der Waals surface area (Å²) in [6, 6.07) is 0. The Balaban J connectivity index is 2.47. The van der Waals surface area contributed by atoms with E-state index in [0.29, 0.717) is 17.5 Å². The number of nitrogens with zero attached hydrogens (tertiary/aromatic N) is 1. The van der Waals surface area contributed by atoms with Crippen molar-refractivity contribution in [1.29, 1.82) is 0 Å². The number of halogens is 3. The van der Waals surface area contributed by atoms with Gasteiger partial charge in [0.25, 0.3) is 0 Å². The van der Waals surface area contributed by atoms with Gasteiger partial charge in [0.05, 0.1) is 0 Å². The normalized spacial score (nSPS) is 12.4. The first-order valence-corrected chi connectivity index (χ1v) is 5.50. The van der Waals surface area contributed by atoms with E-state index in [0.717, 1.165) is 23.3 Å². The summed E-state index contributed by atoms with van der Waals surface area (Å²) in [5.41, 5.74) is -0.797. The lowest BCUT2D eigenvalue weighted by molar-refractivity contribution is -0.140. The number of hydrogen-bond acceptors (Lipinski definition) is 3. The standard InChI is InChI=1S/C9H13F3N2S/c1-6(2)3-13-4-8-14-7(5-15-8)9(10,11)12/h5-6,13H,3-4H2,1-2H3. The minimum Gasteiger partial charge on any atom is -0.310 e. The molecule has 15 heavy (non-hydrogen) atoms. The summed E-state index contributed by atoms with van der Waals surface area (Å²) in [5.74, 6) is 0.479. The van der Waals surface area contributed by atoms with Gasteiger partial charge in [0.1, 0.15) is 5.01 Å². The van der Waals surface area contributed by atoms with E-state index in [1.54, 1.807) is 0 Å². The molecule has 0 unspecified atom stereocenters. The average Bonchev–Trinajstić information content (AvgIpc) is 2.51. The fourth-order valence-corrected chi connectivity index (χ4v) is 1.76. The first-order chi connectivity index (χ1) is 6.89. The van der Waals surface area contributed by atoms with Crippen LogP contribution in [0.2, 0.25) is 0 Å². The Morgan fingerprint density at radius 1 is 1.47 bits per heavy atom. The minimum absolute atomic E-state index is 0.402. The summed E-state index contributed by atoms with van der Waals surface area (Å²) in [4.78, 5) is 3.51. The quantitative estimate of drug-likeness (QED) is 0.872. The maximum atomic E-state index is 12.2. The van der Waals surface area contributed by atoms with Gasteiger partial charge in [-0.1, -0.05) is 13.8 Å². The smallest absolute Gasteiger partial charge is 0.310 e. The summed E-state index contributed by atoms with van der Waals surface area (Å²) in [7, 11) is 0. The van der Waals surface area contributed by atoms with E-state index in [4.69, 9.17) is 0 Å². The third-order valence-electron chi connectivity index (χ3n) is 1.67. The van der Waals surface area contributed by atoms with E-state index in [9.17, 15) is 13.2 Å². The molecule has 0 radical (unpaired) electrons. The molecule has 2 nitrogen and oxygen atoms in total. The van der Waals surface area contributed by atoms with Crippen LogP contribution < -0.4 is 5.32 Å². The van der Waals surface area contributed by atoms with E-state index in [2.05, 4.69) is 10.3 Å². The molecule has 0 aliphatic rings. The Labute approximate surface area is 90.5 Å². The van der Waals surface area contributed by atoms with E-state index >= 15 is 0 Å².